The number of ether oxygens (including phenoxy) is 1. The lowest BCUT2D eigenvalue weighted by atomic mass is 10.1. The van der Waals surface area contributed by atoms with Crippen molar-refractivity contribution in [1.29, 1.82) is 0 Å². The molecule has 0 bridgehead atoms. The van der Waals surface area contributed by atoms with Gasteiger partial charge in [0.05, 0.1) is 30.3 Å². The Balaban J connectivity index is 2.12. The Morgan fingerprint density at radius 3 is 3.05 bits per heavy atom. The summed E-state index contributed by atoms with van der Waals surface area (Å²) in [7, 11) is 0. The number of hydrogen-bond donors (Lipinski definition) is 0. The van der Waals surface area contributed by atoms with Crippen LogP contribution in [0.25, 0.3) is 10.9 Å². The Kier molecular flexibility index (Phi) is 3.17. The van der Waals surface area contributed by atoms with E-state index in [0.29, 0.717) is 18.8 Å². The number of hydrogen-bond acceptors (Lipinski definition) is 4. The van der Waals surface area contributed by atoms with Gasteiger partial charge in [0.2, 0.25) is 0 Å². The first kappa shape index (κ1) is 12.1. The quantitative estimate of drug-likeness (QED) is 0.773. The molecule has 2 aromatic rings. The number of pyridine rings is 1. The molecule has 0 saturated carbocycles. The highest BCUT2D eigenvalue weighted by Gasteiger charge is 2.22. The molecule has 1 aromatic heterocycles. The van der Waals surface area contributed by atoms with Crippen LogP contribution in [-0.2, 0) is 4.74 Å². The highest BCUT2D eigenvalue weighted by atomic mass is 16.5. The van der Waals surface area contributed by atoms with E-state index in [0.717, 1.165) is 29.6 Å². The molecule has 0 N–H and O–H groups in total. The second-order valence-electron chi connectivity index (χ2n) is 4.83. The van der Waals surface area contributed by atoms with Crippen LogP contribution in [0.1, 0.15) is 17.3 Å². The van der Waals surface area contributed by atoms with Gasteiger partial charge in [-0.05, 0) is 19.1 Å². The molecule has 2 heterocycles. The molecule has 0 aliphatic carbocycles. The Morgan fingerprint density at radius 2 is 2.26 bits per heavy atom. The summed E-state index contributed by atoms with van der Waals surface area (Å²) in [5.41, 5.74) is 1.56. The summed E-state index contributed by atoms with van der Waals surface area (Å²) in [5.74, 6) is 0.768. The average Bonchev–Trinajstić information content (AvgIpc) is 2.46. The molecular formula is C15H16N2O2. The van der Waals surface area contributed by atoms with Crippen LogP contribution in [0.5, 0.6) is 0 Å². The molecule has 0 amide bonds. The van der Waals surface area contributed by atoms with E-state index in [9.17, 15) is 4.79 Å². The first-order chi connectivity index (χ1) is 9.29. The van der Waals surface area contributed by atoms with Crippen LogP contribution >= 0.6 is 0 Å². The smallest absolute Gasteiger partial charge is 0.153 e. The van der Waals surface area contributed by atoms with Crippen molar-refractivity contribution in [2.24, 2.45) is 0 Å². The number of aromatic nitrogens is 1. The predicted octanol–water partition coefficient (Wildman–Crippen LogP) is 2.27. The fourth-order valence-corrected chi connectivity index (χ4v) is 2.48. The molecule has 1 aliphatic heterocycles. The number of para-hydroxylation sites is 1. The molecule has 1 aromatic carbocycles. The van der Waals surface area contributed by atoms with E-state index in [1.807, 2.05) is 30.3 Å². The van der Waals surface area contributed by atoms with Crippen molar-refractivity contribution in [3.05, 3.63) is 35.9 Å². The van der Waals surface area contributed by atoms with Crippen LogP contribution in [0.15, 0.2) is 30.3 Å². The van der Waals surface area contributed by atoms with Gasteiger partial charge in [-0.1, -0.05) is 18.2 Å². The molecule has 0 spiro atoms. The average molecular weight is 256 g/mol. The topological polar surface area (TPSA) is 42.4 Å². The van der Waals surface area contributed by atoms with Crippen molar-refractivity contribution in [3.8, 4) is 0 Å². The Labute approximate surface area is 112 Å². The van der Waals surface area contributed by atoms with Gasteiger partial charge in [0, 0.05) is 11.9 Å². The monoisotopic (exact) mass is 256 g/mol. The van der Waals surface area contributed by atoms with Crippen LogP contribution in [0, 0.1) is 0 Å². The summed E-state index contributed by atoms with van der Waals surface area (Å²) in [6.45, 7) is 4.21. The lowest BCUT2D eigenvalue weighted by Gasteiger charge is -2.35. The zero-order valence-electron chi connectivity index (χ0n) is 10.9. The molecule has 1 fully saturated rings. The summed E-state index contributed by atoms with van der Waals surface area (Å²) >= 11 is 0. The highest BCUT2D eigenvalue weighted by Crippen LogP contribution is 2.25. The summed E-state index contributed by atoms with van der Waals surface area (Å²) in [6.07, 6.45) is 0.886. The van der Waals surface area contributed by atoms with Crippen molar-refractivity contribution in [2.75, 3.05) is 24.7 Å². The summed E-state index contributed by atoms with van der Waals surface area (Å²) in [5, 5.41) is 0.995. The van der Waals surface area contributed by atoms with Crippen LogP contribution in [0.3, 0.4) is 0 Å². The number of fused-ring (bicyclic) bond motifs is 1. The van der Waals surface area contributed by atoms with Gasteiger partial charge >= 0.3 is 0 Å². The Morgan fingerprint density at radius 1 is 1.42 bits per heavy atom. The largest absolute Gasteiger partial charge is 0.377 e. The summed E-state index contributed by atoms with van der Waals surface area (Å²) in [4.78, 5) is 18.1. The van der Waals surface area contributed by atoms with Gasteiger partial charge in [-0.15, -0.1) is 0 Å². The number of rotatable bonds is 2. The zero-order valence-corrected chi connectivity index (χ0v) is 10.9. The second-order valence-corrected chi connectivity index (χ2v) is 4.83. The third-order valence-corrected chi connectivity index (χ3v) is 3.50. The molecular weight excluding hydrogens is 240 g/mol. The molecule has 1 unspecified atom stereocenters. The number of benzene rings is 1. The molecule has 1 saturated heterocycles. The van der Waals surface area contributed by atoms with Crippen molar-refractivity contribution < 1.29 is 9.53 Å². The van der Waals surface area contributed by atoms with Gasteiger partial charge in [0.15, 0.2) is 6.29 Å². The summed E-state index contributed by atoms with van der Waals surface area (Å²) in [6, 6.07) is 10.0. The lowest BCUT2D eigenvalue weighted by molar-refractivity contribution is 0.0981. The minimum absolute atomic E-state index is 0.237. The molecule has 4 heteroatoms. The molecule has 3 rings (SSSR count). The standard InChI is InChI=1S/C15H16N2O2/c1-11-10-19-7-6-17(11)15-13(9-18)8-12-4-2-3-5-14(12)16-15/h2-5,8-9,11H,6-7,10H2,1H3. The number of carbonyl (C=O) groups is 1. The third-order valence-electron chi connectivity index (χ3n) is 3.50. The third kappa shape index (κ3) is 2.19. The molecule has 19 heavy (non-hydrogen) atoms. The van der Waals surface area contributed by atoms with E-state index in [2.05, 4.69) is 16.8 Å². The van der Waals surface area contributed by atoms with Crippen molar-refractivity contribution >= 4 is 23.0 Å². The maximum Gasteiger partial charge on any atom is 0.153 e. The van der Waals surface area contributed by atoms with Gasteiger partial charge in [0.1, 0.15) is 5.82 Å². The first-order valence-electron chi connectivity index (χ1n) is 6.49. The fraction of sp³-hybridized carbons (Fsp3) is 0.333. The molecule has 0 radical (unpaired) electrons. The van der Waals surface area contributed by atoms with Gasteiger partial charge in [-0.2, -0.15) is 0 Å². The fourth-order valence-electron chi connectivity index (χ4n) is 2.48. The first-order valence-corrected chi connectivity index (χ1v) is 6.49. The number of anilines is 1. The summed E-state index contributed by atoms with van der Waals surface area (Å²) < 4.78 is 5.44. The minimum atomic E-state index is 0.237. The number of morpholine rings is 1. The maximum absolute atomic E-state index is 11.3. The van der Waals surface area contributed by atoms with E-state index in [4.69, 9.17) is 4.74 Å². The molecule has 4 nitrogen and oxygen atoms in total. The van der Waals surface area contributed by atoms with Crippen LogP contribution in [-0.4, -0.2) is 37.1 Å². The van der Waals surface area contributed by atoms with E-state index < -0.39 is 0 Å². The number of nitrogens with zero attached hydrogens (tertiary/aromatic N) is 2. The van der Waals surface area contributed by atoms with Crippen molar-refractivity contribution in [3.63, 3.8) is 0 Å². The van der Waals surface area contributed by atoms with E-state index in [1.54, 1.807) is 0 Å². The van der Waals surface area contributed by atoms with Crippen molar-refractivity contribution in [2.45, 2.75) is 13.0 Å². The Hall–Kier alpha value is -1.94. The van der Waals surface area contributed by atoms with E-state index >= 15 is 0 Å². The molecule has 1 aliphatic rings. The predicted molar refractivity (Wildman–Crippen MR) is 74.8 cm³/mol. The van der Waals surface area contributed by atoms with Gasteiger partial charge < -0.3 is 9.64 Å². The maximum atomic E-state index is 11.3. The van der Waals surface area contributed by atoms with Crippen LogP contribution < -0.4 is 4.90 Å². The second kappa shape index (κ2) is 4.97. The number of aldehydes is 1. The van der Waals surface area contributed by atoms with Gasteiger partial charge in [-0.25, -0.2) is 4.98 Å². The van der Waals surface area contributed by atoms with Gasteiger partial charge in [-0.3, -0.25) is 4.79 Å². The molecule has 1 atom stereocenters. The van der Waals surface area contributed by atoms with Crippen LogP contribution in [0.2, 0.25) is 0 Å². The minimum Gasteiger partial charge on any atom is -0.377 e. The van der Waals surface area contributed by atoms with Gasteiger partial charge in [0.25, 0.3) is 0 Å². The molecule has 98 valence electrons. The zero-order chi connectivity index (χ0) is 13.2. The highest BCUT2D eigenvalue weighted by molar-refractivity contribution is 5.91. The Bertz CT molecular complexity index is 612. The lowest BCUT2D eigenvalue weighted by Crippen LogP contribution is -2.44. The van der Waals surface area contributed by atoms with Crippen LogP contribution in [0.4, 0.5) is 5.82 Å². The van der Waals surface area contributed by atoms with Crippen molar-refractivity contribution in [1.82, 2.24) is 4.98 Å². The normalized spacial score (nSPS) is 19.6. The number of carbonyl (C=O) groups excluding carboxylic acids is 1. The SMILES string of the molecule is CC1COCCN1c1nc2ccccc2cc1C=O. The van der Waals surface area contributed by atoms with E-state index in [1.165, 1.54) is 0 Å². The van der Waals surface area contributed by atoms with E-state index in [-0.39, 0.29) is 6.04 Å².